The highest BCUT2D eigenvalue weighted by Gasteiger charge is 2.25. The van der Waals surface area contributed by atoms with E-state index in [2.05, 4.69) is 5.32 Å². The Morgan fingerprint density at radius 2 is 2.05 bits per heavy atom. The van der Waals surface area contributed by atoms with Crippen molar-refractivity contribution in [1.29, 1.82) is 0 Å². The second-order valence-corrected chi connectivity index (χ2v) is 5.78. The van der Waals surface area contributed by atoms with Gasteiger partial charge < -0.3 is 14.6 Å². The summed E-state index contributed by atoms with van der Waals surface area (Å²) in [6.07, 6.45) is 1.93. The van der Waals surface area contributed by atoms with E-state index < -0.39 is 5.63 Å². The molecule has 3 rings (SSSR count). The number of nitrogens with one attached hydrogen (secondary N) is 1. The molecule has 5 nitrogen and oxygen atoms in total. The molecule has 22 heavy (non-hydrogen) atoms. The van der Waals surface area contributed by atoms with E-state index in [0.29, 0.717) is 24.6 Å². The van der Waals surface area contributed by atoms with Crippen LogP contribution in [0.25, 0.3) is 11.0 Å². The van der Waals surface area contributed by atoms with Crippen LogP contribution in [0, 0.1) is 5.92 Å². The highest BCUT2D eigenvalue weighted by molar-refractivity contribution is 5.96. The van der Waals surface area contributed by atoms with Crippen LogP contribution in [-0.4, -0.2) is 37.5 Å². The van der Waals surface area contributed by atoms with Gasteiger partial charge in [0.05, 0.1) is 0 Å². The molecule has 116 valence electrons. The number of nitrogens with zero attached hydrogens (tertiary/aromatic N) is 1. The van der Waals surface area contributed by atoms with E-state index in [1.807, 2.05) is 19.2 Å². The van der Waals surface area contributed by atoms with Gasteiger partial charge in [-0.2, -0.15) is 0 Å². The number of carbonyl (C=O) groups is 1. The molecule has 1 amide bonds. The number of fused-ring (bicyclic) bond motifs is 1. The smallest absolute Gasteiger partial charge is 0.349 e. The first-order valence-electron chi connectivity index (χ1n) is 7.66. The van der Waals surface area contributed by atoms with Crippen molar-refractivity contribution in [1.82, 2.24) is 10.2 Å². The Hall–Kier alpha value is -2.14. The quantitative estimate of drug-likeness (QED) is 0.879. The molecule has 0 bridgehead atoms. The fourth-order valence-corrected chi connectivity index (χ4v) is 3.01. The highest BCUT2D eigenvalue weighted by atomic mass is 16.4. The molecule has 0 atom stereocenters. The van der Waals surface area contributed by atoms with Crippen molar-refractivity contribution in [3.8, 4) is 0 Å². The van der Waals surface area contributed by atoms with Gasteiger partial charge >= 0.3 is 5.63 Å². The Labute approximate surface area is 128 Å². The third-order valence-corrected chi connectivity index (χ3v) is 4.27. The maximum atomic E-state index is 12.6. The number of hydrogen-bond acceptors (Lipinski definition) is 4. The zero-order valence-electron chi connectivity index (χ0n) is 12.7. The molecule has 2 aromatic rings. The molecule has 1 N–H and O–H groups in total. The minimum atomic E-state index is -0.555. The van der Waals surface area contributed by atoms with Crippen molar-refractivity contribution in [2.75, 3.05) is 26.7 Å². The van der Waals surface area contributed by atoms with E-state index in [-0.39, 0.29) is 11.5 Å². The first-order valence-corrected chi connectivity index (χ1v) is 7.66. The molecule has 0 saturated carbocycles. The van der Waals surface area contributed by atoms with Gasteiger partial charge in [0, 0.05) is 18.5 Å². The summed E-state index contributed by atoms with van der Waals surface area (Å²) in [4.78, 5) is 26.4. The van der Waals surface area contributed by atoms with Crippen molar-refractivity contribution >= 4 is 16.9 Å². The zero-order chi connectivity index (χ0) is 15.5. The molecule has 1 aromatic carbocycles. The summed E-state index contributed by atoms with van der Waals surface area (Å²) in [6.45, 7) is 2.36. The first-order chi connectivity index (χ1) is 10.7. The lowest BCUT2D eigenvalue weighted by molar-refractivity contribution is 0.0687. The van der Waals surface area contributed by atoms with Crippen LogP contribution in [0.15, 0.2) is 39.5 Å². The molecular formula is C17H20N2O3. The molecule has 2 heterocycles. The third kappa shape index (κ3) is 2.90. The van der Waals surface area contributed by atoms with Gasteiger partial charge in [-0.1, -0.05) is 18.2 Å². The molecule has 1 fully saturated rings. The SMILES string of the molecule is CNCC1CCN(C(=O)c2cc3ccccc3oc2=O)CC1. The Morgan fingerprint density at radius 3 is 2.77 bits per heavy atom. The number of likely N-dealkylation sites (tertiary alicyclic amines) is 1. The molecule has 1 saturated heterocycles. The molecule has 1 aliphatic heterocycles. The predicted molar refractivity (Wildman–Crippen MR) is 85.0 cm³/mol. The zero-order valence-corrected chi connectivity index (χ0v) is 12.7. The lowest BCUT2D eigenvalue weighted by Crippen LogP contribution is -2.41. The van der Waals surface area contributed by atoms with Gasteiger partial charge in [-0.15, -0.1) is 0 Å². The van der Waals surface area contributed by atoms with Gasteiger partial charge in [0.25, 0.3) is 5.91 Å². The number of carbonyl (C=O) groups excluding carboxylic acids is 1. The van der Waals surface area contributed by atoms with E-state index in [4.69, 9.17) is 4.42 Å². The number of para-hydroxylation sites is 1. The average molecular weight is 300 g/mol. The average Bonchev–Trinajstić information content (AvgIpc) is 2.54. The van der Waals surface area contributed by atoms with Gasteiger partial charge in [-0.3, -0.25) is 4.79 Å². The van der Waals surface area contributed by atoms with Crippen LogP contribution in [0.5, 0.6) is 0 Å². The number of rotatable bonds is 3. The minimum Gasteiger partial charge on any atom is -0.422 e. The molecule has 0 aliphatic carbocycles. The van der Waals surface area contributed by atoms with E-state index in [0.717, 1.165) is 24.8 Å². The van der Waals surface area contributed by atoms with Crippen LogP contribution < -0.4 is 10.9 Å². The van der Waals surface area contributed by atoms with Gasteiger partial charge in [0.15, 0.2) is 0 Å². The lowest BCUT2D eigenvalue weighted by atomic mass is 9.96. The molecule has 1 aromatic heterocycles. The summed E-state index contributed by atoms with van der Waals surface area (Å²) < 4.78 is 5.25. The second-order valence-electron chi connectivity index (χ2n) is 5.78. The van der Waals surface area contributed by atoms with Crippen molar-refractivity contribution < 1.29 is 9.21 Å². The second kappa shape index (κ2) is 6.32. The van der Waals surface area contributed by atoms with Crippen molar-refractivity contribution in [3.05, 3.63) is 46.3 Å². The van der Waals surface area contributed by atoms with Crippen LogP contribution in [0.1, 0.15) is 23.2 Å². The standard InChI is InChI=1S/C17H20N2O3/c1-18-11-12-6-8-19(9-7-12)16(20)14-10-13-4-2-3-5-15(13)22-17(14)21/h2-5,10,12,18H,6-9,11H2,1H3. The maximum Gasteiger partial charge on any atom is 0.349 e. The Kier molecular flexibility index (Phi) is 4.24. The Balaban J connectivity index is 1.81. The minimum absolute atomic E-state index is 0.130. The molecule has 0 unspecified atom stereocenters. The Bertz CT molecular complexity index is 730. The van der Waals surface area contributed by atoms with Crippen LogP contribution in [0.4, 0.5) is 0 Å². The summed E-state index contributed by atoms with van der Waals surface area (Å²) in [5, 5.41) is 3.95. The normalized spacial score (nSPS) is 16.1. The van der Waals surface area contributed by atoms with Gasteiger partial charge in [-0.25, -0.2) is 4.79 Å². The van der Waals surface area contributed by atoms with E-state index in [1.54, 1.807) is 23.1 Å². The number of amides is 1. The molecule has 0 spiro atoms. The summed E-state index contributed by atoms with van der Waals surface area (Å²) in [7, 11) is 1.94. The molecule has 5 heteroatoms. The lowest BCUT2D eigenvalue weighted by Gasteiger charge is -2.31. The first kappa shape index (κ1) is 14.8. The number of hydrogen-bond donors (Lipinski definition) is 1. The molecule has 0 radical (unpaired) electrons. The summed E-state index contributed by atoms with van der Waals surface area (Å²) >= 11 is 0. The van der Waals surface area contributed by atoms with E-state index in [1.165, 1.54) is 0 Å². The summed E-state index contributed by atoms with van der Waals surface area (Å²) in [5.41, 5.74) is 0.0867. The van der Waals surface area contributed by atoms with Crippen molar-refractivity contribution in [2.45, 2.75) is 12.8 Å². The van der Waals surface area contributed by atoms with Gasteiger partial charge in [0.1, 0.15) is 11.1 Å². The van der Waals surface area contributed by atoms with Crippen LogP contribution in [0.3, 0.4) is 0 Å². The topological polar surface area (TPSA) is 62.6 Å². The highest BCUT2D eigenvalue weighted by Crippen LogP contribution is 2.19. The van der Waals surface area contributed by atoms with Crippen LogP contribution in [-0.2, 0) is 0 Å². The van der Waals surface area contributed by atoms with Crippen LogP contribution >= 0.6 is 0 Å². The number of benzene rings is 1. The summed E-state index contributed by atoms with van der Waals surface area (Å²) in [6, 6.07) is 8.88. The van der Waals surface area contributed by atoms with Crippen molar-refractivity contribution in [2.24, 2.45) is 5.92 Å². The van der Waals surface area contributed by atoms with E-state index >= 15 is 0 Å². The summed E-state index contributed by atoms with van der Waals surface area (Å²) in [5.74, 6) is 0.379. The maximum absolute atomic E-state index is 12.6. The fourth-order valence-electron chi connectivity index (χ4n) is 3.01. The van der Waals surface area contributed by atoms with Crippen LogP contribution in [0.2, 0.25) is 0 Å². The molecule has 1 aliphatic rings. The van der Waals surface area contributed by atoms with Crippen molar-refractivity contribution in [3.63, 3.8) is 0 Å². The molecular weight excluding hydrogens is 280 g/mol. The fraction of sp³-hybridized carbons (Fsp3) is 0.412. The van der Waals surface area contributed by atoms with Gasteiger partial charge in [-0.05, 0) is 44.5 Å². The van der Waals surface area contributed by atoms with Gasteiger partial charge in [0.2, 0.25) is 0 Å². The van der Waals surface area contributed by atoms with E-state index in [9.17, 15) is 9.59 Å². The number of piperidine rings is 1. The monoisotopic (exact) mass is 300 g/mol. The predicted octanol–water partition coefficient (Wildman–Crippen LogP) is 1.86. The Morgan fingerprint density at radius 1 is 1.32 bits per heavy atom. The third-order valence-electron chi connectivity index (χ3n) is 4.27. The largest absolute Gasteiger partial charge is 0.422 e.